The van der Waals surface area contributed by atoms with Gasteiger partial charge < -0.3 is 19.7 Å². The Kier molecular flexibility index (Phi) is 16.4. The molecule has 2 unspecified atom stereocenters. The van der Waals surface area contributed by atoms with E-state index < -0.39 is 34.7 Å². The van der Waals surface area contributed by atoms with Gasteiger partial charge in [-0.2, -0.15) is 23.5 Å². The van der Waals surface area contributed by atoms with Gasteiger partial charge in [0.05, 0.1) is 23.9 Å². The molecule has 206 valence electrons. The van der Waals surface area contributed by atoms with Crippen LogP contribution >= 0.6 is 23.5 Å². The minimum Gasteiger partial charge on any atom is -0.481 e. The fourth-order valence-electron chi connectivity index (χ4n) is 3.45. The molecule has 0 saturated heterocycles. The van der Waals surface area contributed by atoms with Crippen LogP contribution in [0.5, 0.6) is 0 Å². The summed E-state index contributed by atoms with van der Waals surface area (Å²) >= 11 is 2.69. The number of hydrogen-bond acceptors (Lipinski definition) is 10. The molecule has 0 amide bonds. The number of methoxy groups -OCH3 is 1. The zero-order valence-corrected chi connectivity index (χ0v) is 23.0. The van der Waals surface area contributed by atoms with Crippen molar-refractivity contribution in [2.24, 2.45) is 16.7 Å². The van der Waals surface area contributed by atoms with Crippen LogP contribution in [0, 0.1) is 16.7 Å². The Balaban J connectivity index is 4.24. The first-order valence-corrected chi connectivity index (χ1v) is 13.9. The van der Waals surface area contributed by atoms with Gasteiger partial charge in [-0.15, -0.1) is 0 Å². The maximum absolute atomic E-state index is 12.3. The Hall–Kier alpha value is -2.08. The molecule has 36 heavy (non-hydrogen) atoms. The number of carboxylic acid groups (broad SMARTS) is 2. The number of thioether (sulfide) groups is 2. The quantitative estimate of drug-likeness (QED) is 0.115. The lowest BCUT2D eigenvalue weighted by molar-refractivity contribution is -0.156. The van der Waals surface area contributed by atoms with Gasteiger partial charge in [0.15, 0.2) is 0 Å². The van der Waals surface area contributed by atoms with Crippen LogP contribution < -0.4 is 0 Å². The van der Waals surface area contributed by atoms with Crippen LogP contribution in [0.1, 0.15) is 59.3 Å². The lowest BCUT2D eigenvalue weighted by atomic mass is 9.75. The van der Waals surface area contributed by atoms with Gasteiger partial charge in [-0.3, -0.25) is 28.8 Å². The predicted octanol–water partition coefficient (Wildman–Crippen LogP) is 3.10. The molecule has 10 nitrogen and oxygen atoms in total. The molecule has 12 heteroatoms. The summed E-state index contributed by atoms with van der Waals surface area (Å²) in [5.41, 5.74) is -2.10. The van der Waals surface area contributed by atoms with Crippen LogP contribution in [0.25, 0.3) is 0 Å². The molecular formula is C24H38O10S2. The van der Waals surface area contributed by atoms with E-state index in [1.165, 1.54) is 30.6 Å². The van der Waals surface area contributed by atoms with E-state index in [1.54, 1.807) is 20.8 Å². The van der Waals surface area contributed by atoms with Crippen molar-refractivity contribution in [3.05, 3.63) is 0 Å². The van der Waals surface area contributed by atoms with E-state index >= 15 is 0 Å². The average Bonchev–Trinajstić information content (AvgIpc) is 2.80. The number of carbonyl (C=O) groups is 6. The molecule has 2 atom stereocenters. The zero-order valence-electron chi connectivity index (χ0n) is 21.4. The molecule has 0 aromatic rings. The van der Waals surface area contributed by atoms with Crippen molar-refractivity contribution in [3.8, 4) is 0 Å². The van der Waals surface area contributed by atoms with Gasteiger partial charge in [0.25, 0.3) is 6.47 Å². The van der Waals surface area contributed by atoms with Gasteiger partial charge >= 0.3 is 17.9 Å². The molecule has 0 radical (unpaired) electrons. The second-order valence-electron chi connectivity index (χ2n) is 9.44. The highest BCUT2D eigenvalue weighted by Crippen LogP contribution is 2.38. The smallest absolute Gasteiger partial charge is 0.312 e. The van der Waals surface area contributed by atoms with Gasteiger partial charge in [-0.1, -0.05) is 0 Å². The number of esters is 1. The number of rotatable bonds is 22. The van der Waals surface area contributed by atoms with E-state index in [9.17, 15) is 33.9 Å². The molecule has 0 fully saturated rings. The van der Waals surface area contributed by atoms with Crippen molar-refractivity contribution < 1.29 is 48.5 Å². The van der Waals surface area contributed by atoms with Gasteiger partial charge in [0, 0.05) is 48.7 Å². The minimum atomic E-state index is -1.10. The second-order valence-corrected chi connectivity index (χ2v) is 11.7. The topological polar surface area (TPSA) is 161 Å². The SMILES string of the molecule is COC(=O)C(C)(CSCCC(=O)CCCC(=O)CCSCC(COC=O)C(=O)O)CC(C)(C)C(=O)O. The van der Waals surface area contributed by atoms with E-state index in [0.717, 1.165) is 0 Å². The zero-order chi connectivity index (χ0) is 27.8. The third-order valence-electron chi connectivity index (χ3n) is 5.51. The van der Waals surface area contributed by atoms with Crippen molar-refractivity contribution >= 4 is 59.5 Å². The number of ether oxygens (including phenoxy) is 2. The molecule has 0 aliphatic rings. The highest BCUT2D eigenvalue weighted by atomic mass is 32.2. The van der Waals surface area contributed by atoms with E-state index in [0.29, 0.717) is 23.7 Å². The van der Waals surface area contributed by atoms with Gasteiger partial charge in [-0.25, -0.2) is 0 Å². The number of aliphatic carboxylic acids is 2. The summed E-state index contributed by atoms with van der Waals surface area (Å²) in [6.07, 6.45) is 1.63. The monoisotopic (exact) mass is 550 g/mol. The van der Waals surface area contributed by atoms with Crippen LogP contribution in [0.2, 0.25) is 0 Å². The first-order chi connectivity index (χ1) is 16.8. The summed E-state index contributed by atoms with van der Waals surface area (Å²) in [5, 5.41) is 18.4. The molecule has 0 spiro atoms. The molecule has 0 saturated carbocycles. The molecule has 0 aromatic carbocycles. The summed E-state index contributed by atoms with van der Waals surface area (Å²) < 4.78 is 9.37. The summed E-state index contributed by atoms with van der Waals surface area (Å²) in [5.74, 6) is -1.89. The fraction of sp³-hybridized carbons (Fsp3) is 0.750. The van der Waals surface area contributed by atoms with Crippen molar-refractivity contribution in [1.29, 1.82) is 0 Å². The number of carboxylic acids is 2. The number of hydrogen-bond donors (Lipinski definition) is 2. The van der Waals surface area contributed by atoms with Crippen molar-refractivity contribution in [3.63, 3.8) is 0 Å². The van der Waals surface area contributed by atoms with Crippen molar-refractivity contribution in [2.45, 2.75) is 59.3 Å². The number of ketones is 2. The average molecular weight is 551 g/mol. The number of carbonyl (C=O) groups excluding carboxylic acids is 4. The molecular weight excluding hydrogens is 512 g/mol. The van der Waals surface area contributed by atoms with Crippen LogP contribution in [0.4, 0.5) is 0 Å². The van der Waals surface area contributed by atoms with Crippen LogP contribution in [-0.4, -0.2) is 82.9 Å². The first kappa shape index (κ1) is 33.9. The molecule has 0 rings (SSSR count). The Morgan fingerprint density at radius 3 is 1.94 bits per heavy atom. The van der Waals surface area contributed by atoms with Crippen LogP contribution in [0.3, 0.4) is 0 Å². The largest absolute Gasteiger partial charge is 0.481 e. The molecule has 0 aromatic heterocycles. The summed E-state index contributed by atoms with van der Waals surface area (Å²) in [6, 6.07) is 0. The number of Topliss-reactive ketones (excluding diaryl/α,β-unsaturated/α-hetero) is 2. The second kappa shape index (κ2) is 17.4. The lowest BCUT2D eigenvalue weighted by Gasteiger charge is -2.32. The standard InChI is InChI=1S/C24H38O10S2/c1-23(2,21(30)31)14-24(3,22(32)33-4)15-36-11-9-19(27)7-5-6-18(26)8-10-35-13-17(20(28)29)12-34-16-25/h16-17H,5-15H2,1-4H3,(H,28,29)(H,30,31). The van der Waals surface area contributed by atoms with Gasteiger partial charge in [0.1, 0.15) is 18.2 Å². The van der Waals surface area contributed by atoms with Crippen molar-refractivity contribution in [2.75, 3.05) is 36.7 Å². The Morgan fingerprint density at radius 1 is 0.917 bits per heavy atom. The van der Waals surface area contributed by atoms with E-state index in [4.69, 9.17) is 9.84 Å². The highest BCUT2D eigenvalue weighted by Gasteiger charge is 2.43. The lowest BCUT2D eigenvalue weighted by Crippen LogP contribution is -2.39. The van der Waals surface area contributed by atoms with Crippen molar-refractivity contribution in [1.82, 2.24) is 0 Å². The fourth-order valence-corrected chi connectivity index (χ4v) is 5.70. The predicted molar refractivity (Wildman–Crippen MR) is 137 cm³/mol. The van der Waals surface area contributed by atoms with E-state index in [-0.39, 0.29) is 62.5 Å². The maximum atomic E-state index is 12.3. The van der Waals surface area contributed by atoms with Crippen LogP contribution in [0.15, 0.2) is 0 Å². The molecule has 2 N–H and O–H groups in total. The first-order valence-electron chi connectivity index (χ1n) is 11.6. The summed E-state index contributed by atoms with van der Waals surface area (Å²) in [6.45, 7) is 4.78. The van der Waals surface area contributed by atoms with E-state index in [1.807, 2.05) is 0 Å². The minimum absolute atomic E-state index is 0.00409. The normalized spacial score (nSPS) is 13.8. The molecule has 0 bridgehead atoms. The third kappa shape index (κ3) is 13.9. The Morgan fingerprint density at radius 2 is 1.47 bits per heavy atom. The third-order valence-corrected chi connectivity index (χ3v) is 7.97. The van der Waals surface area contributed by atoms with Crippen LogP contribution in [-0.2, 0) is 38.2 Å². The highest BCUT2D eigenvalue weighted by molar-refractivity contribution is 7.99. The Bertz CT molecular complexity index is 768. The summed E-state index contributed by atoms with van der Waals surface area (Å²) in [7, 11) is 1.26. The van der Waals surface area contributed by atoms with Gasteiger partial charge in [0.2, 0.25) is 0 Å². The maximum Gasteiger partial charge on any atom is 0.312 e. The van der Waals surface area contributed by atoms with Gasteiger partial charge in [-0.05, 0) is 33.6 Å². The molecule has 0 aliphatic carbocycles. The molecule has 0 heterocycles. The summed E-state index contributed by atoms with van der Waals surface area (Å²) in [4.78, 5) is 69.2. The Labute approximate surface area is 220 Å². The molecule has 0 aliphatic heterocycles. The van der Waals surface area contributed by atoms with E-state index in [2.05, 4.69) is 4.74 Å².